The molecule has 1 aliphatic heterocycles. The molecule has 6 heteroatoms. The van der Waals surface area contributed by atoms with Crippen LogP contribution in [0.25, 0.3) is 0 Å². The van der Waals surface area contributed by atoms with Gasteiger partial charge >= 0.3 is 0 Å². The zero-order chi connectivity index (χ0) is 19.5. The van der Waals surface area contributed by atoms with Gasteiger partial charge in [0.15, 0.2) is 5.11 Å². The molecular weight excluding hydrogens is 376 g/mol. The van der Waals surface area contributed by atoms with Crippen LogP contribution in [0.1, 0.15) is 23.6 Å². The van der Waals surface area contributed by atoms with Crippen molar-refractivity contribution in [1.29, 1.82) is 0 Å². The lowest BCUT2D eigenvalue weighted by molar-refractivity contribution is 0.375. The Morgan fingerprint density at radius 2 is 1.50 bits per heavy atom. The highest BCUT2D eigenvalue weighted by Crippen LogP contribution is 2.33. The number of anilines is 1. The van der Waals surface area contributed by atoms with Crippen LogP contribution in [-0.2, 0) is 0 Å². The molecule has 4 rings (SSSR count). The van der Waals surface area contributed by atoms with Gasteiger partial charge < -0.3 is 5.32 Å². The highest BCUT2D eigenvalue weighted by atomic mass is 32.1. The minimum Gasteiger partial charge on any atom is -0.331 e. The van der Waals surface area contributed by atoms with Crippen molar-refractivity contribution >= 4 is 28.7 Å². The molecule has 0 spiro atoms. The summed E-state index contributed by atoms with van der Waals surface area (Å²) >= 11 is 5.60. The summed E-state index contributed by atoms with van der Waals surface area (Å²) in [6.45, 7) is 0. The van der Waals surface area contributed by atoms with Crippen molar-refractivity contribution in [3.8, 4) is 0 Å². The van der Waals surface area contributed by atoms with Crippen LogP contribution in [0.5, 0.6) is 0 Å². The topological polar surface area (TPSA) is 27.6 Å². The molecule has 1 N–H and O–H groups in total. The molecule has 1 heterocycles. The molecule has 0 bridgehead atoms. The van der Waals surface area contributed by atoms with Crippen molar-refractivity contribution in [2.24, 2.45) is 5.10 Å². The minimum absolute atomic E-state index is 0.177. The van der Waals surface area contributed by atoms with E-state index in [0.717, 1.165) is 22.5 Å². The van der Waals surface area contributed by atoms with E-state index in [9.17, 15) is 8.78 Å². The molecule has 0 saturated heterocycles. The smallest absolute Gasteiger partial charge is 0.194 e. The molecule has 0 saturated carbocycles. The number of thiocarbonyl (C=S) groups is 1. The van der Waals surface area contributed by atoms with Gasteiger partial charge in [0.1, 0.15) is 11.6 Å². The summed E-state index contributed by atoms with van der Waals surface area (Å²) in [7, 11) is 0. The molecule has 1 atom stereocenters. The summed E-state index contributed by atoms with van der Waals surface area (Å²) in [5.41, 5.74) is 3.39. The second kappa shape index (κ2) is 7.86. The summed E-state index contributed by atoms with van der Waals surface area (Å²) in [6.07, 6.45) is 0.577. The lowest BCUT2D eigenvalue weighted by atomic mass is 9.98. The number of hydrazone groups is 1. The fourth-order valence-electron chi connectivity index (χ4n) is 3.16. The van der Waals surface area contributed by atoms with E-state index in [1.807, 2.05) is 30.3 Å². The van der Waals surface area contributed by atoms with Crippen LogP contribution >= 0.6 is 12.2 Å². The Hall–Kier alpha value is -3.12. The number of hydrogen-bond donors (Lipinski definition) is 1. The summed E-state index contributed by atoms with van der Waals surface area (Å²) in [6, 6.07) is 22.0. The maximum absolute atomic E-state index is 13.4. The van der Waals surface area contributed by atoms with Gasteiger partial charge in [0.25, 0.3) is 0 Å². The first-order valence-electron chi connectivity index (χ1n) is 8.84. The van der Waals surface area contributed by atoms with Crippen LogP contribution in [0.4, 0.5) is 14.5 Å². The predicted molar refractivity (Wildman–Crippen MR) is 111 cm³/mol. The van der Waals surface area contributed by atoms with Crippen LogP contribution in [0.2, 0.25) is 0 Å². The van der Waals surface area contributed by atoms with Gasteiger partial charge in [0, 0.05) is 12.1 Å². The molecule has 1 aliphatic rings. The fourth-order valence-corrected chi connectivity index (χ4v) is 3.45. The average Bonchev–Trinajstić information content (AvgIpc) is 3.15. The largest absolute Gasteiger partial charge is 0.331 e. The number of halogens is 2. The van der Waals surface area contributed by atoms with E-state index in [1.165, 1.54) is 24.3 Å². The number of hydrogen-bond acceptors (Lipinski definition) is 2. The third kappa shape index (κ3) is 3.92. The van der Waals surface area contributed by atoms with Crippen molar-refractivity contribution < 1.29 is 8.78 Å². The minimum atomic E-state index is -0.296. The van der Waals surface area contributed by atoms with E-state index >= 15 is 0 Å². The van der Waals surface area contributed by atoms with Gasteiger partial charge in [0.05, 0.1) is 11.8 Å². The van der Waals surface area contributed by atoms with Gasteiger partial charge in [-0.1, -0.05) is 42.5 Å². The first-order valence-corrected chi connectivity index (χ1v) is 9.25. The molecule has 0 radical (unpaired) electrons. The van der Waals surface area contributed by atoms with Gasteiger partial charge in [-0.15, -0.1) is 0 Å². The van der Waals surface area contributed by atoms with Crippen molar-refractivity contribution in [1.82, 2.24) is 5.01 Å². The number of benzene rings is 3. The fraction of sp³-hybridized carbons (Fsp3) is 0.0909. The molecule has 3 aromatic carbocycles. The van der Waals surface area contributed by atoms with Crippen molar-refractivity contribution in [3.63, 3.8) is 0 Å². The Balaban J connectivity index is 1.65. The van der Waals surface area contributed by atoms with E-state index in [-0.39, 0.29) is 17.7 Å². The highest BCUT2D eigenvalue weighted by molar-refractivity contribution is 7.80. The van der Waals surface area contributed by atoms with E-state index in [1.54, 1.807) is 29.3 Å². The van der Waals surface area contributed by atoms with Gasteiger partial charge in [-0.2, -0.15) is 5.10 Å². The Kier molecular flexibility index (Phi) is 5.12. The predicted octanol–water partition coefficient (Wildman–Crippen LogP) is 5.51. The molecule has 0 amide bonds. The zero-order valence-electron chi connectivity index (χ0n) is 14.8. The third-order valence-electron chi connectivity index (χ3n) is 4.58. The summed E-state index contributed by atoms with van der Waals surface area (Å²) in [5, 5.41) is 10.1. The lowest BCUT2D eigenvalue weighted by Crippen LogP contribution is -2.31. The van der Waals surface area contributed by atoms with Crippen LogP contribution in [0.15, 0.2) is 84.0 Å². The molecule has 28 heavy (non-hydrogen) atoms. The van der Waals surface area contributed by atoms with Crippen LogP contribution < -0.4 is 5.32 Å². The number of para-hydroxylation sites is 1. The van der Waals surface area contributed by atoms with Crippen molar-refractivity contribution in [3.05, 3.63) is 102 Å². The lowest BCUT2D eigenvalue weighted by Gasteiger charge is -2.25. The third-order valence-corrected chi connectivity index (χ3v) is 4.86. The summed E-state index contributed by atoms with van der Waals surface area (Å²) in [4.78, 5) is 0. The number of nitrogens with one attached hydrogen (secondary N) is 1. The standard InChI is InChI=1S/C22H17F2N3S/c23-17-10-6-15(7-11-17)20-14-21(16-8-12-18(24)13-9-16)27(26-20)22(28)25-19-4-2-1-3-5-19/h1-13,21H,14H2,(H,25,28). The van der Waals surface area contributed by atoms with E-state index in [2.05, 4.69) is 5.32 Å². The summed E-state index contributed by atoms with van der Waals surface area (Å²) < 4.78 is 26.7. The molecular formula is C22H17F2N3S. The first kappa shape index (κ1) is 18.3. The molecule has 140 valence electrons. The Morgan fingerprint density at radius 1 is 0.893 bits per heavy atom. The van der Waals surface area contributed by atoms with Crippen LogP contribution in [0, 0.1) is 11.6 Å². The van der Waals surface area contributed by atoms with Gasteiger partial charge in [-0.05, 0) is 59.7 Å². The molecule has 3 nitrogen and oxygen atoms in total. The molecule has 0 fully saturated rings. The van der Waals surface area contributed by atoms with Gasteiger partial charge in [-0.3, -0.25) is 0 Å². The van der Waals surface area contributed by atoms with E-state index in [0.29, 0.717) is 11.5 Å². The van der Waals surface area contributed by atoms with Gasteiger partial charge in [0.2, 0.25) is 0 Å². The Bertz CT molecular complexity index is 1000. The maximum Gasteiger partial charge on any atom is 0.194 e. The molecule has 0 aromatic heterocycles. The molecule has 1 unspecified atom stereocenters. The first-order chi connectivity index (χ1) is 13.6. The van der Waals surface area contributed by atoms with E-state index < -0.39 is 0 Å². The second-order valence-corrected chi connectivity index (χ2v) is 6.85. The molecule has 0 aliphatic carbocycles. The van der Waals surface area contributed by atoms with E-state index in [4.69, 9.17) is 17.3 Å². The average molecular weight is 393 g/mol. The second-order valence-electron chi connectivity index (χ2n) is 6.47. The quantitative estimate of drug-likeness (QED) is 0.595. The maximum atomic E-state index is 13.4. The van der Waals surface area contributed by atoms with Crippen molar-refractivity contribution in [2.45, 2.75) is 12.5 Å². The number of rotatable bonds is 3. The molecule has 3 aromatic rings. The highest BCUT2D eigenvalue weighted by Gasteiger charge is 2.31. The Morgan fingerprint density at radius 3 is 2.14 bits per heavy atom. The van der Waals surface area contributed by atoms with Crippen molar-refractivity contribution in [2.75, 3.05) is 5.32 Å². The zero-order valence-corrected chi connectivity index (χ0v) is 15.7. The van der Waals surface area contributed by atoms with Crippen LogP contribution in [-0.4, -0.2) is 15.8 Å². The SMILES string of the molecule is Fc1ccc(C2=NN(C(=S)Nc3ccccc3)C(c3ccc(F)cc3)C2)cc1. The Labute approximate surface area is 167 Å². The number of nitrogens with zero attached hydrogens (tertiary/aromatic N) is 2. The summed E-state index contributed by atoms with van der Waals surface area (Å²) in [5.74, 6) is -0.589. The van der Waals surface area contributed by atoms with Gasteiger partial charge in [-0.25, -0.2) is 13.8 Å². The normalized spacial score (nSPS) is 16.0. The van der Waals surface area contributed by atoms with Crippen LogP contribution in [0.3, 0.4) is 0 Å². The monoisotopic (exact) mass is 393 g/mol.